The minimum Gasteiger partial charge on any atom is -0.480 e. The molecule has 0 saturated heterocycles. The molecule has 2 aromatic carbocycles. The predicted octanol–water partition coefficient (Wildman–Crippen LogP) is 4.18. The van der Waals surface area contributed by atoms with Gasteiger partial charge in [-0.25, -0.2) is 22.8 Å². The summed E-state index contributed by atoms with van der Waals surface area (Å²) in [4.78, 5) is 33.3. The van der Waals surface area contributed by atoms with Gasteiger partial charge in [0.05, 0.1) is 42.4 Å². The third-order valence-corrected chi connectivity index (χ3v) is 8.48. The molecule has 1 fully saturated rings. The molecule has 5 rings (SSSR count). The smallest absolute Gasteiger partial charge is 0.308 e. The second kappa shape index (κ2) is 10.3. The number of hydrogen-bond acceptors (Lipinski definition) is 8. The molecule has 1 N–H and O–H groups in total. The molecule has 202 valence electrons. The maximum absolute atomic E-state index is 13.4. The van der Waals surface area contributed by atoms with E-state index < -0.39 is 15.8 Å². The number of methoxy groups -OCH3 is 2. The number of carbonyl (C=O) groups excluding carboxylic acids is 1. The van der Waals surface area contributed by atoms with Crippen LogP contribution in [0, 0.1) is 11.7 Å². The third kappa shape index (κ3) is 5.04. The van der Waals surface area contributed by atoms with Gasteiger partial charge in [0.15, 0.2) is 0 Å². The molecule has 0 unspecified atom stereocenters. The number of fused-ring (bicyclic) bond motifs is 1. The number of aromatic nitrogens is 3. The Morgan fingerprint density at radius 3 is 2.56 bits per heavy atom. The van der Waals surface area contributed by atoms with Gasteiger partial charge in [-0.15, -0.1) is 0 Å². The Labute approximate surface area is 227 Å². The highest BCUT2D eigenvalue weighted by atomic mass is 35.5. The number of hydrogen-bond donors (Lipinski definition) is 1. The van der Waals surface area contributed by atoms with Crippen molar-refractivity contribution >= 4 is 44.2 Å². The predicted molar refractivity (Wildman–Crippen MR) is 142 cm³/mol. The lowest BCUT2D eigenvalue weighted by atomic mass is 9.80. The number of ether oxygens (including phenoxy) is 2. The van der Waals surface area contributed by atoms with E-state index in [2.05, 4.69) is 14.7 Å². The first kappa shape index (κ1) is 26.6. The molecule has 0 spiro atoms. The van der Waals surface area contributed by atoms with Crippen molar-refractivity contribution in [3.63, 3.8) is 0 Å². The van der Waals surface area contributed by atoms with Crippen molar-refractivity contribution in [2.75, 3.05) is 18.9 Å². The molecule has 1 aliphatic rings. The zero-order chi connectivity index (χ0) is 27.9. The van der Waals surface area contributed by atoms with E-state index in [0.29, 0.717) is 34.9 Å². The van der Waals surface area contributed by atoms with Crippen LogP contribution in [0.1, 0.15) is 18.9 Å². The molecule has 2 aromatic heterocycles. The first-order chi connectivity index (χ1) is 18.6. The van der Waals surface area contributed by atoms with Crippen LogP contribution in [0.5, 0.6) is 5.88 Å². The van der Waals surface area contributed by atoms with E-state index in [1.54, 1.807) is 18.2 Å². The van der Waals surface area contributed by atoms with Gasteiger partial charge in [-0.05, 0) is 54.8 Å². The number of pyridine rings is 1. The van der Waals surface area contributed by atoms with Crippen LogP contribution in [0.25, 0.3) is 22.0 Å². The fourth-order valence-electron chi connectivity index (χ4n) is 4.49. The Morgan fingerprint density at radius 1 is 1.10 bits per heavy atom. The first-order valence-corrected chi connectivity index (χ1v) is 13.6. The summed E-state index contributed by atoms with van der Waals surface area (Å²) in [6.45, 7) is 0. The zero-order valence-corrected chi connectivity index (χ0v) is 22.3. The van der Waals surface area contributed by atoms with Gasteiger partial charge >= 0.3 is 5.97 Å². The van der Waals surface area contributed by atoms with Crippen LogP contribution in [-0.4, -0.2) is 43.1 Å². The summed E-state index contributed by atoms with van der Waals surface area (Å²) < 4.78 is 53.4. The minimum absolute atomic E-state index is 0.00415. The fraction of sp³-hybridized carbons (Fsp3) is 0.231. The van der Waals surface area contributed by atoms with Crippen molar-refractivity contribution in [2.45, 2.75) is 23.8 Å². The average Bonchev–Trinajstić information content (AvgIpc) is 2.88. The van der Waals surface area contributed by atoms with Gasteiger partial charge in [-0.3, -0.25) is 18.9 Å². The third-order valence-electron chi connectivity index (χ3n) is 6.63. The van der Waals surface area contributed by atoms with Gasteiger partial charge < -0.3 is 9.47 Å². The molecule has 1 saturated carbocycles. The molecular weight excluding hydrogens is 551 g/mol. The van der Waals surface area contributed by atoms with Crippen LogP contribution in [0.15, 0.2) is 64.7 Å². The Balaban J connectivity index is 1.49. The molecular formula is C26H22ClFN4O6S. The Morgan fingerprint density at radius 2 is 1.87 bits per heavy atom. The van der Waals surface area contributed by atoms with Crippen molar-refractivity contribution in [1.82, 2.24) is 14.5 Å². The molecule has 1 aliphatic carbocycles. The zero-order valence-electron chi connectivity index (χ0n) is 20.7. The minimum atomic E-state index is -4.22. The number of halogens is 2. The molecule has 39 heavy (non-hydrogen) atoms. The molecule has 0 atom stereocenters. The number of nitrogens with one attached hydrogen (secondary N) is 1. The van der Waals surface area contributed by atoms with Gasteiger partial charge in [-0.2, -0.15) is 0 Å². The van der Waals surface area contributed by atoms with E-state index in [1.807, 2.05) is 0 Å². The van der Waals surface area contributed by atoms with Crippen LogP contribution in [0.2, 0.25) is 5.02 Å². The molecule has 0 bridgehead atoms. The lowest BCUT2D eigenvalue weighted by molar-refractivity contribution is -0.149. The molecule has 0 amide bonds. The van der Waals surface area contributed by atoms with Crippen molar-refractivity contribution in [2.24, 2.45) is 5.92 Å². The summed E-state index contributed by atoms with van der Waals surface area (Å²) in [5.41, 5.74) is 1.31. The Bertz CT molecular complexity index is 1770. The van der Waals surface area contributed by atoms with Gasteiger partial charge in [-0.1, -0.05) is 17.7 Å². The maximum Gasteiger partial charge on any atom is 0.308 e. The van der Waals surface area contributed by atoms with Gasteiger partial charge in [0.2, 0.25) is 5.88 Å². The number of benzene rings is 2. The van der Waals surface area contributed by atoms with Crippen LogP contribution in [-0.2, 0) is 19.6 Å². The molecule has 13 heteroatoms. The second-order valence-corrected chi connectivity index (χ2v) is 11.1. The SMILES string of the molecule is COC(=O)C1CC(n2cnc3ccc(-c4cnc(OC)c(NS(=O)(=O)c5ccc(F)cc5Cl)c4)cc3c2=O)C1. The Kier molecular flexibility index (Phi) is 7.00. The van der Waals surface area contributed by atoms with E-state index in [-0.39, 0.29) is 45.0 Å². The topological polar surface area (TPSA) is 129 Å². The van der Waals surface area contributed by atoms with Crippen LogP contribution >= 0.6 is 11.6 Å². The van der Waals surface area contributed by atoms with Gasteiger partial charge in [0.25, 0.3) is 15.6 Å². The standard InChI is InChI=1S/C26H22ClFN4O6S/c1-37-24-22(31-39(35,36)23-6-4-17(28)11-20(23)27)10-16(12-29-24)14-3-5-21-19(9-14)25(33)32(13-30-21)18-7-15(8-18)26(34)38-2/h3-6,9-13,15,18,31H,7-8H2,1-2H3. The van der Waals surface area contributed by atoms with Crippen molar-refractivity contribution in [3.05, 3.63) is 76.2 Å². The summed E-state index contributed by atoms with van der Waals surface area (Å²) in [5, 5.41) is 0.0702. The fourth-order valence-corrected chi connectivity index (χ4v) is 6.07. The summed E-state index contributed by atoms with van der Waals surface area (Å²) in [5.74, 6) is -1.22. The molecule has 0 aliphatic heterocycles. The highest BCUT2D eigenvalue weighted by Gasteiger charge is 2.37. The van der Waals surface area contributed by atoms with E-state index >= 15 is 0 Å². The van der Waals surface area contributed by atoms with Crippen molar-refractivity contribution in [1.29, 1.82) is 0 Å². The quantitative estimate of drug-likeness (QED) is 0.326. The van der Waals surface area contributed by atoms with Crippen LogP contribution in [0.3, 0.4) is 0 Å². The maximum atomic E-state index is 13.4. The molecule has 10 nitrogen and oxygen atoms in total. The highest BCUT2D eigenvalue weighted by molar-refractivity contribution is 7.92. The number of rotatable bonds is 7. The molecule has 0 radical (unpaired) electrons. The number of nitrogens with zero attached hydrogens (tertiary/aromatic N) is 3. The summed E-state index contributed by atoms with van der Waals surface area (Å²) in [6, 6.07) is 9.35. The summed E-state index contributed by atoms with van der Waals surface area (Å²) in [7, 11) is -1.55. The Hall–Kier alpha value is -4.03. The average molecular weight is 573 g/mol. The van der Waals surface area contributed by atoms with E-state index in [0.717, 1.165) is 18.2 Å². The highest BCUT2D eigenvalue weighted by Crippen LogP contribution is 2.38. The molecule has 4 aromatic rings. The largest absolute Gasteiger partial charge is 0.480 e. The van der Waals surface area contributed by atoms with E-state index in [4.69, 9.17) is 21.1 Å². The summed E-state index contributed by atoms with van der Waals surface area (Å²) >= 11 is 5.97. The van der Waals surface area contributed by atoms with Crippen LogP contribution in [0.4, 0.5) is 10.1 Å². The van der Waals surface area contributed by atoms with Gasteiger partial charge in [0, 0.05) is 17.8 Å². The van der Waals surface area contributed by atoms with E-state index in [1.165, 1.54) is 37.4 Å². The number of sulfonamides is 1. The molecule has 2 heterocycles. The van der Waals surface area contributed by atoms with E-state index in [9.17, 15) is 22.4 Å². The number of esters is 1. The van der Waals surface area contributed by atoms with Gasteiger partial charge in [0.1, 0.15) is 16.4 Å². The first-order valence-electron chi connectivity index (χ1n) is 11.7. The van der Waals surface area contributed by atoms with Crippen LogP contribution < -0.4 is 15.0 Å². The normalized spacial score (nSPS) is 16.9. The monoisotopic (exact) mass is 572 g/mol. The second-order valence-electron chi connectivity index (χ2n) is 9.00. The lowest BCUT2D eigenvalue weighted by Crippen LogP contribution is -2.37. The van der Waals surface area contributed by atoms with Crippen molar-refractivity contribution < 1.29 is 27.1 Å². The number of anilines is 1. The summed E-state index contributed by atoms with van der Waals surface area (Å²) in [6.07, 6.45) is 3.93. The number of carbonyl (C=O) groups is 1. The van der Waals surface area contributed by atoms with Crippen molar-refractivity contribution in [3.8, 4) is 17.0 Å². The lowest BCUT2D eigenvalue weighted by Gasteiger charge is -2.34.